The molecule has 11 heteroatoms. The van der Waals surface area contributed by atoms with E-state index in [1.165, 1.54) is 0 Å². The number of benzene rings is 2. The van der Waals surface area contributed by atoms with Crippen molar-refractivity contribution >= 4 is 35.7 Å². The van der Waals surface area contributed by atoms with Crippen molar-refractivity contribution in [3.05, 3.63) is 64.3 Å². The standard InChI is InChI=1S/C20H22ClN5O4.ClH/c1-28-17-10-13(6-7-16(17)29-12-14-4-2-3-5-15(14)21)11-23-8-9-24-20(27)18-19(22)26-30-25-18;/h2-7,10,23H,8-9,11-12H2,1H3,(H2,22,26)(H,24,27);1H. The molecule has 166 valence electrons. The molecule has 1 amide bonds. The molecule has 3 rings (SSSR count). The minimum absolute atomic E-state index is 0. The second kappa shape index (κ2) is 12.0. The van der Waals surface area contributed by atoms with Gasteiger partial charge in [0.05, 0.1) is 7.11 Å². The van der Waals surface area contributed by atoms with Crippen molar-refractivity contribution in [3.8, 4) is 11.5 Å². The molecule has 0 aliphatic heterocycles. The number of nitrogen functional groups attached to an aromatic ring is 1. The first kappa shape index (κ1) is 24.3. The minimum atomic E-state index is -0.433. The van der Waals surface area contributed by atoms with Crippen LogP contribution in [0, 0.1) is 0 Å². The molecule has 0 unspecified atom stereocenters. The van der Waals surface area contributed by atoms with Crippen LogP contribution in [-0.4, -0.2) is 36.4 Å². The molecular formula is C20H23Cl2N5O4. The summed E-state index contributed by atoms with van der Waals surface area (Å²) in [4.78, 5) is 11.8. The van der Waals surface area contributed by atoms with Gasteiger partial charge in [0.15, 0.2) is 11.5 Å². The number of nitrogens with zero attached hydrogens (tertiary/aromatic N) is 2. The minimum Gasteiger partial charge on any atom is -0.493 e. The van der Waals surface area contributed by atoms with E-state index in [0.29, 0.717) is 42.8 Å². The normalized spacial score (nSPS) is 10.3. The summed E-state index contributed by atoms with van der Waals surface area (Å²) in [6, 6.07) is 13.2. The van der Waals surface area contributed by atoms with E-state index < -0.39 is 5.91 Å². The molecule has 0 bridgehead atoms. The predicted molar refractivity (Wildman–Crippen MR) is 119 cm³/mol. The summed E-state index contributed by atoms with van der Waals surface area (Å²) in [5.41, 5.74) is 7.36. The van der Waals surface area contributed by atoms with Crippen LogP contribution in [0.2, 0.25) is 5.02 Å². The van der Waals surface area contributed by atoms with Crippen LogP contribution >= 0.6 is 24.0 Å². The lowest BCUT2D eigenvalue weighted by Gasteiger charge is -2.13. The van der Waals surface area contributed by atoms with Crippen LogP contribution in [0.4, 0.5) is 5.82 Å². The third-order valence-electron chi connectivity index (χ3n) is 4.21. The van der Waals surface area contributed by atoms with Gasteiger partial charge in [-0.15, -0.1) is 12.4 Å². The number of methoxy groups -OCH3 is 1. The highest BCUT2D eigenvalue weighted by molar-refractivity contribution is 6.31. The van der Waals surface area contributed by atoms with Crippen LogP contribution in [0.25, 0.3) is 0 Å². The lowest BCUT2D eigenvalue weighted by atomic mass is 10.2. The molecule has 0 aliphatic rings. The smallest absolute Gasteiger partial charge is 0.277 e. The number of ether oxygens (including phenoxy) is 2. The third-order valence-corrected chi connectivity index (χ3v) is 4.58. The number of amides is 1. The topological polar surface area (TPSA) is 125 Å². The Morgan fingerprint density at radius 1 is 1.16 bits per heavy atom. The van der Waals surface area contributed by atoms with Crippen molar-refractivity contribution in [2.24, 2.45) is 0 Å². The van der Waals surface area contributed by atoms with E-state index in [1.807, 2.05) is 42.5 Å². The Morgan fingerprint density at radius 2 is 1.97 bits per heavy atom. The highest BCUT2D eigenvalue weighted by Gasteiger charge is 2.15. The molecule has 0 radical (unpaired) electrons. The molecule has 31 heavy (non-hydrogen) atoms. The van der Waals surface area contributed by atoms with Crippen molar-refractivity contribution in [3.63, 3.8) is 0 Å². The van der Waals surface area contributed by atoms with Crippen LogP contribution in [0.1, 0.15) is 21.6 Å². The van der Waals surface area contributed by atoms with Gasteiger partial charge in [-0.2, -0.15) is 0 Å². The first-order valence-corrected chi connectivity index (χ1v) is 9.56. The predicted octanol–water partition coefficient (Wildman–Crippen LogP) is 2.83. The summed E-state index contributed by atoms with van der Waals surface area (Å²) < 4.78 is 15.7. The molecule has 0 spiro atoms. The number of halogens is 2. The molecule has 0 saturated carbocycles. The fourth-order valence-corrected chi connectivity index (χ4v) is 2.84. The average Bonchev–Trinajstić information content (AvgIpc) is 3.19. The van der Waals surface area contributed by atoms with E-state index in [2.05, 4.69) is 25.6 Å². The van der Waals surface area contributed by atoms with Gasteiger partial charge in [0.1, 0.15) is 6.61 Å². The number of anilines is 1. The Kier molecular flexibility index (Phi) is 9.39. The number of hydrogen-bond acceptors (Lipinski definition) is 8. The molecule has 3 aromatic rings. The lowest BCUT2D eigenvalue weighted by molar-refractivity contribution is 0.0944. The highest BCUT2D eigenvalue weighted by Crippen LogP contribution is 2.29. The molecule has 9 nitrogen and oxygen atoms in total. The molecule has 0 atom stereocenters. The van der Waals surface area contributed by atoms with Crippen molar-refractivity contribution in [1.82, 2.24) is 20.9 Å². The zero-order valence-corrected chi connectivity index (χ0v) is 18.3. The van der Waals surface area contributed by atoms with Crippen LogP contribution < -0.4 is 25.8 Å². The lowest BCUT2D eigenvalue weighted by Crippen LogP contribution is -2.32. The molecule has 0 saturated heterocycles. The van der Waals surface area contributed by atoms with Gasteiger partial charge in [0.2, 0.25) is 11.5 Å². The van der Waals surface area contributed by atoms with E-state index in [-0.39, 0.29) is 23.9 Å². The van der Waals surface area contributed by atoms with Gasteiger partial charge in [-0.25, -0.2) is 4.63 Å². The molecule has 0 fully saturated rings. The molecule has 1 aromatic heterocycles. The van der Waals surface area contributed by atoms with Gasteiger partial charge >= 0.3 is 0 Å². The number of aromatic nitrogens is 2. The third kappa shape index (κ3) is 6.74. The summed E-state index contributed by atoms with van der Waals surface area (Å²) in [7, 11) is 1.59. The Balaban J connectivity index is 0.00000341. The number of nitrogens with one attached hydrogen (secondary N) is 2. The molecule has 1 heterocycles. The monoisotopic (exact) mass is 467 g/mol. The van der Waals surface area contributed by atoms with Crippen molar-refractivity contribution in [1.29, 1.82) is 0 Å². The van der Waals surface area contributed by atoms with Gasteiger partial charge in [-0.3, -0.25) is 4.79 Å². The molecular weight excluding hydrogens is 445 g/mol. The van der Waals surface area contributed by atoms with Crippen molar-refractivity contribution in [2.75, 3.05) is 25.9 Å². The Hall–Kier alpha value is -3.01. The SMILES string of the molecule is COc1cc(CNCCNC(=O)c2nonc2N)ccc1OCc1ccccc1Cl.Cl. The fraction of sp³-hybridized carbons (Fsp3) is 0.250. The summed E-state index contributed by atoms with van der Waals surface area (Å²) in [6.45, 7) is 1.87. The van der Waals surface area contributed by atoms with E-state index >= 15 is 0 Å². The maximum Gasteiger partial charge on any atom is 0.277 e. The number of carbonyl (C=O) groups excluding carboxylic acids is 1. The quantitative estimate of drug-likeness (QED) is 0.388. The Labute approximate surface area is 190 Å². The van der Waals surface area contributed by atoms with Gasteiger partial charge in [0, 0.05) is 30.2 Å². The van der Waals surface area contributed by atoms with E-state index in [9.17, 15) is 4.79 Å². The first-order valence-electron chi connectivity index (χ1n) is 9.18. The van der Waals surface area contributed by atoms with Gasteiger partial charge < -0.3 is 25.8 Å². The van der Waals surface area contributed by atoms with Gasteiger partial charge in [-0.05, 0) is 34.1 Å². The maximum absolute atomic E-state index is 11.8. The zero-order valence-electron chi connectivity index (χ0n) is 16.8. The average molecular weight is 468 g/mol. The van der Waals surface area contributed by atoms with Gasteiger partial charge in [0.25, 0.3) is 5.91 Å². The van der Waals surface area contributed by atoms with Gasteiger partial charge in [-0.1, -0.05) is 35.9 Å². The van der Waals surface area contributed by atoms with E-state index in [1.54, 1.807) is 7.11 Å². The fourth-order valence-electron chi connectivity index (χ4n) is 2.65. The van der Waals surface area contributed by atoms with Crippen molar-refractivity contribution < 1.29 is 18.9 Å². The second-order valence-electron chi connectivity index (χ2n) is 6.30. The number of carbonyl (C=O) groups is 1. The summed E-state index contributed by atoms with van der Waals surface area (Å²) in [5, 5.41) is 13.4. The van der Waals surface area contributed by atoms with Crippen LogP contribution in [-0.2, 0) is 13.2 Å². The summed E-state index contributed by atoms with van der Waals surface area (Å²) in [5.74, 6) is 0.789. The van der Waals surface area contributed by atoms with Crippen molar-refractivity contribution in [2.45, 2.75) is 13.2 Å². The molecule has 0 aliphatic carbocycles. The van der Waals surface area contributed by atoms with Crippen LogP contribution in [0.3, 0.4) is 0 Å². The summed E-state index contributed by atoms with van der Waals surface area (Å²) >= 11 is 6.17. The number of hydrogen-bond donors (Lipinski definition) is 3. The van der Waals surface area contributed by atoms with Crippen LogP contribution in [0.5, 0.6) is 11.5 Å². The maximum atomic E-state index is 11.8. The number of rotatable bonds is 10. The summed E-state index contributed by atoms with van der Waals surface area (Å²) in [6.07, 6.45) is 0. The van der Waals surface area contributed by atoms with E-state index in [0.717, 1.165) is 11.1 Å². The first-order chi connectivity index (χ1) is 14.6. The zero-order chi connectivity index (χ0) is 21.3. The number of nitrogens with two attached hydrogens (primary N) is 1. The van der Waals surface area contributed by atoms with E-state index in [4.69, 9.17) is 26.8 Å². The Morgan fingerprint density at radius 3 is 2.68 bits per heavy atom. The van der Waals surface area contributed by atoms with Crippen LogP contribution in [0.15, 0.2) is 47.1 Å². The molecule has 2 aromatic carbocycles. The highest BCUT2D eigenvalue weighted by atomic mass is 35.5. The molecule has 4 N–H and O–H groups in total. The Bertz CT molecular complexity index is 999. The largest absolute Gasteiger partial charge is 0.493 e. The second-order valence-corrected chi connectivity index (χ2v) is 6.70.